The molecule has 4 heteroatoms. The van der Waals surface area contributed by atoms with Gasteiger partial charge in [0.2, 0.25) is 0 Å². The number of rotatable bonds is 3. The molecule has 0 aliphatic carbocycles. The monoisotopic (exact) mass is 216 g/mol. The van der Waals surface area contributed by atoms with Gasteiger partial charge < -0.3 is 14.5 Å². The van der Waals surface area contributed by atoms with Gasteiger partial charge in [-0.25, -0.2) is 0 Å². The van der Waals surface area contributed by atoms with E-state index in [1.165, 1.54) is 0 Å². The number of hydrogen-bond acceptors (Lipinski definition) is 3. The summed E-state index contributed by atoms with van der Waals surface area (Å²) in [6.45, 7) is 13.2. The van der Waals surface area contributed by atoms with Gasteiger partial charge in [-0.1, -0.05) is 0 Å². The molecule has 0 rings (SSSR count). The van der Waals surface area contributed by atoms with Crippen LogP contribution >= 0.6 is 0 Å². The predicted molar refractivity (Wildman–Crippen MR) is 65.2 cm³/mol. The highest BCUT2D eigenvalue weighted by Gasteiger charge is 2.26. The van der Waals surface area contributed by atoms with Gasteiger partial charge in [0.05, 0.1) is 0 Å². The molecule has 0 amide bonds. The molecule has 3 nitrogen and oxygen atoms in total. The Balaban J connectivity index is 4.32. The molecule has 0 atom stereocenters. The van der Waals surface area contributed by atoms with Gasteiger partial charge in [-0.2, -0.15) is 0 Å². The van der Waals surface area contributed by atoms with Crippen molar-refractivity contribution in [3.05, 3.63) is 0 Å². The number of nitrogens with one attached hydrogen (secondary N) is 2. The highest BCUT2D eigenvalue weighted by atomic mass is 28.3. The fourth-order valence-electron chi connectivity index (χ4n) is 0.965. The standard InChI is InChI=1S/C10H26N3Si/c1-9(2,3)11-14(13(7)8)12-10(4,5)6/h11-12H,1-8H3. The molecule has 85 valence electrons. The first-order valence-corrected chi connectivity index (χ1v) is 6.57. The lowest BCUT2D eigenvalue weighted by Gasteiger charge is -2.35. The lowest BCUT2D eigenvalue weighted by Crippen LogP contribution is -2.66. The minimum atomic E-state index is -0.843. The molecule has 2 N–H and O–H groups in total. The van der Waals surface area contributed by atoms with Crippen molar-refractivity contribution in [3.63, 3.8) is 0 Å². The Labute approximate surface area is 91.1 Å². The number of hydrogen-bond donors (Lipinski definition) is 2. The molecule has 0 heterocycles. The lowest BCUT2D eigenvalue weighted by molar-refractivity contribution is 0.432. The topological polar surface area (TPSA) is 27.3 Å². The van der Waals surface area contributed by atoms with Crippen LogP contribution in [-0.2, 0) is 0 Å². The zero-order valence-corrected chi connectivity index (χ0v) is 11.9. The van der Waals surface area contributed by atoms with E-state index in [1.54, 1.807) is 0 Å². The van der Waals surface area contributed by atoms with Crippen LogP contribution in [0.4, 0.5) is 0 Å². The normalized spacial score (nSPS) is 14.1. The molecule has 14 heavy (non-hydrogen) atoms. The van der Waals surface area contributed by atoms with Gasteiger partial charge in [0.25, 0.3) is 0 Å². The van der Waals surface area contributed by atoms with Crippen molar-refractivity contribution in [2.45, 2.75) is 52.6 Å². The fourth-order valence-corrected chi connectivity index (χ4v) is 2.90. The summed E-state index contributed by atoms with van der Waals surface area (Å²) in [6, 6.07) is 0. The molecule has 0 fully saturated rings. The molecule has 0 aliphatic heterocycles. The average molecular weight is 216 g/mol. The molecule has 0 spiro atoms. The van der Waals surface area contributed by atoms with Crippen LogP contribution in [-0.4, -0.2) is 39.0 Å². The maximum Gasteiger partial charge on any atom is 0.322 e. The van der Waals surface area contributed by atoms with Crippen molar-refractivity contribution in [3.8, 4) is 0 Å². The Bertz CT molecular complexity index is 151. The summed E-state index contributed by atoms with van der Waals surface area (Å²) in [5.74, 6) is 0. The SMILES string of the molecule is CN(C)[Si](NC(C)(C)C)NC(C)(C)C. The minimum absolute atomic E-state index is 0.164. The molecule has 0 saturated heterocycles. The summed E-state index contributed by atoms with van der Waals surface area (Å²) in [5.41, 5.74) is 0.327. The van der Waals surface area contributed by atoms with E-state index in [0.717, 1.165) is 0 Å². The van der Waals surface area contributed by atoms with Crippen molar-refractivity contribution in [1.82, 2.24) is 14.5 Å². The second kappa shape index (κ2) is 4.75. The summed E-state index contributed by atoms with van der Waals surface area (Å²) < 4.78 is 2.25. The Morgan fingerprint density at radius 2 is 1.07 bits per heavy atom. The van der Waals surface area contributed by atoms with Crippen molar-refractivity contribution >= 4 is 9.28 Å². The van der Waals surface area contributed by atoms with Gasteiger partial charge in [0, 0.05) is 11.1 Å². The summed E-state index contributed by atoms with van der Waals surface area (Å²) in [6.07, 6.45) is 0. The van der Waals surface area contributed by atoms with E-state index in [0.29, 0.717) is 0 Å². The molecule has 1 radical (unpaired) electrons. The molecule has 0 aromatic heterocycles. The molecule has 0 aliphatic rings. The van der Waals surface area contributed by atoms with E-state index >= 15 is 0 Å². The van der Waals surface area contributed by atoms with Crippen LogP contribution in [0.5, 0.6) is 0 Å². The molecular weight excluding hydrogens is 190 g/mol. The van der Waals surface area contributed by atoms with E-state index in [9.17, 15) is 0 Å². The summed E-state index contributed by atoms with van der Waals surface area (Å²) in [5, 5.41) is 0. The van der Waals surface area contributed by atoms with Crippen molar-refractivity contribution < 1.29 is 0 Å². The van der Waals surface area contributed by atoms with E-state index in [-0.39, 0.29) is 11.1 Å². The highest BCUT2D eigenvalue weighted by molar-refractivity contribution is 6.50. The molecule has 0 bridgehead atoms. The fraction of sp³-hybridized carbons (Fsp3) is 1.00. The number of nitrogens with zero attached hydrogens (tertiary/aromatic N) is 1. The molecule has 0 saturated carbocycles. The van der Waals surface area contributed by atoms with Crippen LogP contribution in [0.2, 0.25) is 0 Å². The molecule has 0 aromatic rings. The van der Waals surface area contributed by atoms with Gasteiger partial charge in [0.15, 0.2) is 0 Å². The van der Waals surface area contributed by atoms with Crippen LogP contribution in [0, 0.1) is 0 Å². The molecule has 0 unspecified atom stereocenters. The Morgan fingerprint density at radius 1 is 0.786 bits per heavy atom. The van der Waals surface area contributed by atoms with Gasteiger partial charge in [-0.3, -0.25) is 0 Å². The largest absolute Gasteiger partial charge is 0.322 e. The Kier molecular flexibility index (Phi) is 4.78. The average Bonchev–Trinajstić information content (AvgIpc) is 1.78. The second-order valence-corrected chi connectivity index (χ2v) is 8.08. The predicted octanol–water partition coefficient (Wildman–Crippen LogP) is 1.31. The van der Waals surface area contributed by atoms with E-state index in [2.05, 4.69) is 70.2 Å². The van der Waals surface area contributed by atoms with Crippen LogP contribution in [0.25, 0.3) is 0 Å². The van der Waals surface area contributed by atoms with Crippen molar-refractivity contribution in [2.24, 2.45) is 0 Å². The van der Waals surface area contributed by atoms with Crippen molar-refractivity contribution in [2.75, 3.05) is 14.1 Å². The van der Waals surface area contributed by atoms with Gasteiger partial charge in [-0.15, -0.1) is 0 Å². The van der Waals surface area contributed by atoms with Crippen LogP contribution in [0.3, 0.4) is 0 Å². The Hall–Kier alpha value is 0.0969. The third kappa shape index (κ3) is 7.50. The van der Waals surface area contributed by atoms with Crippen LogP contribution in [0.1, 0.15) is 41.5 Å². The zero-order chi connectivity index (χ0) is 11.6. The second-order valence-electron chi connectivity index (χ2n) is 5.99. The Morgan fingerprint density at radius 3 is 1.21 bits per heavy atom. The van der Waals surface area contributed by atoms with Gasteiger partial charge >= 0.3 is 9.28 Å². The smallest absolute Gasteiger partial charge is 0.308 e. The summed E-state index contributed by atoms with van der Waals surface area (Å²) in [4.78, 5) is 7.26. The summed E-state index contributed by atoms with van der Waals surface area (Å²) in [7, 11) is 3.39. The van der Waals surface area contributed by atoms with E-state index in [1.807, 2.05) is 0 Å². The van der Waals surface area contributed by atoms with Gasteiger partial charge in [-0.05, 0) is 55.6 Å². The first-order chi connectivity index (χ1) is 6.01. The van der Waals surface area contributed by atoms with Crippen LogP contribution < -0.4 is 9.96 Å². The minimum Gasteiger partial charge on any atom is -0.308 e. The highest BCUT2D eigenvalue weighted by Crippen LogP contribution is 2.04. The van der Waals surface area contributed by atoms with Crippen LogP contribution in [0.15, 0.2) is 0 Å². The first-order valence-electron chi connectivity index (χ1n) is 5.12. The molecular formula is C10H26N3Si. The van der Waals surface area contributed by atoms with Crippen molar-refractivity contribution in [1.29, 1.82) is 0 Å². The van der Waals surface area contributed by atoms with E-state index < -0.39 is 9.28 Å². The quantitative estimate of drug-likeness (QED) is 0.697. The maximum absolute atomic E-state index is 3.63. The first kappa shape index (κ1) is 14.1. The summed E-state index contributed by atoms with van der Waals surface area (Å²) >= 11 is 0. The van der Waals surface area contributed by atoms with E-state index in [4.69, 9.17) is 0 Å². The maximum atomic E-state index is 3.63. The third-order valence-electron chi connectivity index (χ3n) is 1.43. The lowest BCUT2D eigenvalue weighted by atomic mass is 10.1. The molecule has 0 aromatic carbocycles. The zero-order valence-electron chi connectivity index (χ0n) is 10.9. The van der Waals surface area contributed by atoms with Gasteiger partial charge in [0.1, 0.15) is 0 Å². The third-order valence-corrected chi connectivity index (χ3v) is 4.30.